The molecule has 0 bridgehead atoms. The van der Waals surface area contributed by atoms with Gasteiger partial charge in [0.25, 0.3) is 0 Å². The summed E-state index contributed by atoms with van der Waals surface area (Å²) in [6.07, 6.45) is 86.6. The number of ether oxygens (including phenoxy) is 3. The maximum Gasteiger partial charge on any atom is 0.306 e. The first-order chi connectivity index (χ1) is 36.0. The van der Waals surface area contributed by atoms with E-state index >= 15 is 0 Å². The van der Waals surface area contributed by atoms with E-state index in [0.29, 0.717) is 12.8 Å². The van der Waals surface area contributed by atoms with Gasteiger partial charge in [-0.1, -0.05) is 224 Å². The molecular weight excluding hydrogens is 901 g/mol. The lowest BCUT2D eigenvalue weighted by Gasteiger charge is -2.18. The van der Waals surface area contributed by atoms with Crippen LogP contribution >= 0.6 is 0 Å². The number of esters is 3. The summed E-state index contributed by atoms with van der Waals surface area (Å²) in [5.41, 5.74) is 0. The van der Waals surface area contributed by atoms with Crippen molar-refractivity contribution in [2.45, 2.75) is 232 Å². The van der Waals surface area contributed by atoms with Gasteiger partial charge in [0.2, 0.25) is 0 Å². The molecule has 0 radical (unpaired) electrons. The molecule has 0 rings (SSSR count). The zero-order chi connectivity index (χ0) is 52.9. The van der Waals surface area contributed by atoms with Gasteiger partial charge in [0, 0.05) is 19.3 Å². The second-order valence-corrected chi connectivity index (χ2v) is 18.4. The van der Waals surface area contributed by atoms with Crippen LogP contribution in [0.3, 0.4) is 0 Å². The second-order valence-electron chi connectivity index (χ2n) is 18.4. The Balaban J connectivity index is 4.52. The highest BCUT2D eigenvalue weighted by Gasteiger charge is 2.19. The van der Waals surface area contributed by atoms with Crippen LogP contribution in [0.15, 0.2) is 158 Å². The summed E-state index contributed by atoms with van der Waals surface area (Å²) in [6, 6.07) is 0. The van der Waals surface area contributed by atoms with E-state index in [-0.39, 0.29) is 37.5 Å². The van der Waals surface area contributed by atoms with Crippen LogP contribution in [0.5, 0.6) is 0 Å². The van der Waals surface area contributed by atoms with Gasteiger partial charge in [0.1, 0.15) is 13.2 Å². The zero-order valence-corrected chi connectivity index (χ0v) is 46.6. The normalized spacial score (nSPS) is 13.3. The van der Waals surface area contributed by atoms with Gasteiger partial charge in [-0.2, -0.15) is 0 Å². The number of unbranched alkanes of at least 4 members (excludes halogenated alkanes) is 13. The SMILES string of the molecule is CC/C=C\C/C=C\C/C=C\C/C=C\C/C=C\C/C=C\CCCCCCC(=O)OCC(COC(=O)CCCCCCC/C=C\C/C=C\C/C=C\CC)OC(=O)CCCCCC/C=C\C/C=C\C/C=C\C/C=C\CC. The van der Waals surface area contributed by atoms with Crippen LogP contribution in [0.2, 0.25) is 0 Å². The van der Waals surface area contributed by atoms with E-state index in [1.807, 2.05) is 0 Å². The molecule has 0 saturated carbocycles. The molecule has 0 N–H and O–H groups in total. The van der Waals surface area contributed by atoms with Gasteiger partial charge in [0.05, 0.1) is 0 Å². The van der Waals surface area contributed by atoms with Gasteiger partial charge in [-0.15, -0.1) is 0 Å². The van der Waals surface area contributed by atoms with Crippen LogP contribution in [-0.2, 0) is 28.6 Å². The molecule has 0 aliphatic rings. The van der Waals surface area contributed by atoms with Gasteiger partial charge >= 0.3 is 17.9 Å². The Morgan fingerprint density at radius 2 is 0.493 bits per heavy atom. The van der Waals surface area contributed by atoms with Gasteiger partial charge in [0.15, 0.2) is 6.10 Å². The van der Waals surface area contributed by atoms with Crippen LogP contribution < -0.4 is 0 Å². The maximum atomic E-state index is 12.9. The topological polar surface area (TPSA) is 78.9 Å². The summed E-state index contributed by atoms with van der Waals surface area (Å²) in [6.45, 7) is 6.23. The highest BCUT2D eigenvalue weighted by Crippen LogP contribution is 2.13. The highest BCUT2D eigenvalue weighted by molar-refractivity contribution is 5.71. The standard InChI is InChI=1S/C67H104O6/c1-4-7-10-13-16-19-22-25-28-30-31-32-33-34-35-37-39-42-45-48-51-54-57-60-66(69)72-63-64(62-71-65(68)59-56-53-50-47-44-41-38-27-24-21-18-15-12-9-6-3)73-67(70)61-58-55-52-49-46-43-40-36-29-26-23-20-17-14-11-8-5-2/h7-12,16-21,25-29,31-32,34-35,38-40,42-43,64H,4-6,13-15,22-24,30,33,36-37,41,44-63H2,1-3H3/b10-7-,11-8-,12-9-,19-16-,20-17-,21-18-,28-25-,29-26-,32-31-,35-34-,38-27-,42-39-,43-40-. The number of rotatable bonds is 50. The van der Waals surface area contributed by atoms with Gasteiger partial charge < -0.3 is 14.2 Å². The molecule has 0 aromatic rings. The lowest BCUT2D eigenvalue weighted by atomic mass is 10.1. The summed E-state index contributed by atoms with van der Waals surface area (Å²) in [5, 5.41) is 0. The molecule has 0 aliphatic carbocycles. The Hall–Kier alpha value is -4.97. The fourth-order valence-corrected chi connectivity index (χ4v) is 7.27. The first kappa shape index (κ1) is 68.0. The Morgan fingerprint density at radius 3 is 0.767 bits per heavy atom. The fraction of sp³-hybridized carbons (Fsp3) is 0.567. The van der Waals surface area contributed by atoms with E-state index in [4.69, 9.17) is 14.2 Å². The number of carbonyl (C=O) groups excluding carboxylic acids is 3. The van der Waals surface area contributed by atoms with E-state index in [9.17, 15) is 14.4 Å². The van der Waals surface area contributed by atoms with Crippen molar-refractivity contribution in [1.82, 2.24) is 0 Å². The van der Waals surface area contributed by atoms with Crippen molar-refractivity contribution < 1.29 is 28.6 Å². The molecule has 408 valence electrons. The van der Waals surface area contributed by atoms with Crippen molar-refractivity contribution in [1.29, 1.82) is 0 Å². The van der Waals surface area contributed by atoms with Gasteiger partial charge in [-0.25, -0.2) is 0 Å². The van der Waals surface area contributed by atoms with Crippen LogP contribution in [0.1, 0.15) is 226 Å². The number of hydrogen-bond acceptors (Lipinski definition) is 6. The zero-order valence-electron chi connectivity index (χ0n) is 46.6. The lowest BCUT2D eigenvalue weighted by Crippen LogP contribution is -2.30. The Morgan fingerprint density at radius 1 is 0.274 bits per heavy atom. The summed E-state index contributed by atoms with van der Waals surface area (Å²) in [7, 11) is 0. The van der Waals surface area contributed by atoms with E-state index in [1.165, 1.54) is 0 Å². The average Bonchev–Trinajstić information content (AvgIpc) is 3.39. The molecule has 6 nitrogen and oxygen atoms in total. The minimum absolute atomic E-state index is 0.113. The molecule has 0 amide bonds. The Labute approximate surface area is 448 Å². The van der Waals surface area contributed by atoms with Crippen molar-refractivity contribution in [3.8, 4) is 0 Å². The Kier molecular flexibility index (Phi) is 55.5. The first-order valence-corrected chi connectivity index (χ1v) is 29.0. The third-order valence-electron chi connectivity index (χ3n) is 11.5. The van der Waals surface area contributed by atoms with Crippen molar-refractivity contribution in [2.24, 2.45) is 0 Å². The fourth-order valence-electron chi connectivity index (χ4n) is 7.27. The van der Waals surface area contributed by atoms with Crippen molar-refractivity contribution in [3.63, 3.8) is 0 Å². The Bertz CT molecular complexity index is 1670. The number of allylic oxidation sites excluding steroid dienone is 26. The molecule has 73 heavy (non-hydrogen) atoms. The summed E-state index contributed by atoms with van der Waals surface area (Å²) >= 11 is 0. The molecule has 0 aliphatic heterocycles. The third-order valence-corrected chi connectivity index (χ3v) is 11.5. The minimum atomic E-state index is -0.818. The first-order valence-electron chi connectivity index (χ1n) is 29.0. The molecule has 6 heteroatoms. The number of carbonyl (C=O) groups is 3. The molecule has 0 heterocycles. The average molecular weight is 1010 g/mol. The third kappa shape index (κ3) is 57.8. The second kappa shape index (κ2) is 59.6. The molecule has 1 atom stereocenters. The van der Waals surface area contributed by atoms with Crippen LogP contribution in [0.4, 0.5) is 0 Å². The molecule has 0 aromatic heterocycles. The van der Waals surface area contributed by atoms with Crippen LogP contribution in [0, 0.1) is 0 Å². The molecule has 1 unspecified atom stereocenters. The van der Waals surface area contributed by atoms with Crippen molar-refractivity contribution in [2.75, 3.05) is 13.2 Å². The smallest absolute Gasteiger partial charge is 0.306 e. The molecular formula is C67H104O6. The van der Waals surface area contributed by atoms with E-state index in [1.54, 1.807) is 0 Å². The summed E-state index contributed by atoms with van der Waals surface area (Å²) in [4.78, 5) is 38.2. The van der Waals surface area contributed by atoms with E-state index < -0.39 is 6.10 Å². The number of hydrogen-bond donors (Lipinski definition) is 0. The highest BCUT2D eigenvalue weighted by atomic mass is 16.6. The molecule has 0 saturated heterocycles. The predicted octanol–water partition coefficient (Wildman–Crippen LogP) is 19.8. The lowest BCUT2D eigenvalue weighted by molar-refractivity contribution is -0.167. The van der Waals surface area contributed by atoms with Crippen molar-refractivity contribution in [3.05, 3.63) is 158 Å². The van der Waals surface area contributed by atoms with Crippen molar-refractivity contribution >= 4 is 17.9 Å². The van der Waals surface area contributed by atoms with Crippen LogP contribution in [-0.4, -0.2) is 37.2 Å². The molecule has 0 fully saturated rings. The summed E-state index contributed by atoms with van der Waals surface area (Å²) in [5.74, 6) is -0.986. The summed E-state index contributed by atoms with van der Waals surface area (Å²) < 4.78 is 16.8. The van der Waals surface area contributed by atoms with Gasteiger partial charge in [-0.05, 0) is 141 Å². The molecule has 0 aromatic carbocycles. The van der Waals surface area contributed by atoms with E-state index in [2.05, 4.69) is 179 Å². The predicted molar refractivity (Wildman–Crippen MR) is 315 cm³/mol. The largest absolute Gasteiger partial charge is 0.462 e. The van der Waals surface area contributed by atoms with Crippen LogP contribution in [0.25, 0.3) is 0 Å². The monoisotopic (exact) mass is 1000 g/mol. The minimum Gasteiger partial charge on any atom is -0.462 e. The van der Waals surface area contributed by atoms with Gasteiger partial charge in [-0.3, -0.25) is 14.4 Å². The quantitative estimate of drug-likeness (QED) is 0.0261. The van der Waals surface area contributed by atoms with E-state index in [0.717, 1.165) is 186 Å². The molecule has 0 spiro atoms. The maximum absolute atomic E-state index is 12.9.